The van der Waals surface area contributed by atoms with E-state index in [4.69, 9.17) is 9.47 Å². The van der Waals surface area contributed by atoms with Gasteiger partial charge in [0.2, 0.25) is 5.88 Å². The van der Waals surface area contributed by atoms with Gasteiger partial charge in [-0.3, -0.25) is 4.98 Å². The monoisotopic (exact) mass is 322 g/mol. The molecule has 1 aliphatic rings. The van der Waals surface area contributed by atoms with Gasteiger partial charge in [-0.25, -0.2) is 4.98 Å². The van der Waals surface area contributed by atoms with Gasteiger partial charge in [0.25, 0.3) is 0 Å². The lowest BCUT2D eigenvalue weighted by molar-refractivity contribution is -0.191. The summed E-state index contributed by atoms with van der Waals surface area (Å²) in [5.74, 6) is -0.420. The number of rotatable bonds is 3. The number of alkyl halides is 3. The molecule has 1 aliphatic heterocycles. The molecule has 2 heterocycles. The Hall–Kier alpha value is -1.45. The molecule has 0 spiro atoms. The van der Waals surface area contributed by atoms with Crippen molar-refractivity contribution in [3.63, 3.8) is 0 Å². The summed E-state index contributed by atoms with van der Waals surface area (Å²) in [6, 6.07) is 0. The highest BCUT2D eigenvalue weighted by Crippen LogP contribution is 2.29. The second-order valence-electron chi connectivity index (χ2n) is 5.42. The normalized spacial score (nSPS) is 29.6. The van der Waals surface area contributed by atoms with Crippen molar-refractivity contribution >= 4 is 0 Å². The topological polar surface area (TPSA) is 84.7 Å². The van der Waals surface area contributed by atoms with Gasteiger partial charge in [0, 0.05) is 0 Å². The molecule has 0 aromatic carbocycles. The Labute approximate surface area is 124 Å². The molecule has 0 bridgehead atoms. The summed E-state index contributed by atoms with van der Waals surface area (Å²) >= 11 is 0. The number of aliphatic hydroxyl groups is 2. The molecule has 1 fully saturated rings. The van der Waals surface area contributed by atoms with Gasteiger partial charge in [0.1, 0.15) is 12.2 Å². The molecule has 2 N–H and O–H groups in total. The van der Waals surface area contributed by atoms with Gasteiger partial charge in [0.15, 0.2) is 11.8 Å². The summed E-state index contributed by atoms with van der Waals surface area (Å²) < 4.78 is 48.3. The minimum absolute atomic E-state index is 0.0288. The maximum absolute atomic E-state index is 12.6. The first kappa shape index (κ1) is 16.9. The van der Waals surface area contributed by atoms with Crippen LogP contribution < -0.4 is 4.74 Å². The molecule has 2 rings (SSSR count). The number of aliphatic hydroxyl groups excluding tert-OH is 2. The van der Waals surface area contributed by atoms with Gasteiger partial charge in [-0.05, 0) is 5.92 Å². The summed E-state index contributed by atoms with van der Waals surface area (Å²) in [4.78, 5) is 6.71. The minimum atomic E-state index is -4.64. The van der Waals surface area contributed by atoms with Gasteiger partial charge in [-0.2, -0.15) is 13.2 Å². The van der Waals surface area contributed by atoms with Crippen LogP contribution in [0.5, 0.6) is 5.88 Å². The van der Waals surface area contributed by atoms with Crippen molar-refractivity contribution in [1.29, 1.82) is 0 Å². The molecule has 6 nitrogen and oxygen atoms in total. The molecule has 4 atom stereocenters. The average Bonchev–Trinajstić information content (AvgIpc) is 2.43. The number of aromatic nitrogens is 2. The predicted octanol–water partition coefficient (Wildman–Crippen LogP) is 1.02. The average molecular weight is 322 g/mol. The first-order valence-corrected chi connectivity index (χ1v) is 6.73. The highest BCUT2D eigenvalue weighted by molar-refractivity contribution is 5.11. The van der Waals surface area contributed by atoms with Gasteiger partial charge in [-0.1, -0.05) is 13.8 Å². The van der Waals surface area contributed by atoms with Crippen molar-refractivity contribution < 1.29 is 32.9 Å². The van der Waals surface area contributed by atoms with E-state index >= 15 is 0 Å². The largest absolute Gasteiger partial charge is 0.468 e. The fourth-order valence-corrected chi connectivity index (χ4v) is 2.20. The SMILES string of the molecule is CC(C)C1OCC(Oc2cncc(C(F)(F)F)n2)C(O)C1O. The van der Waals surface area contributed by atoms with Gasteiger partial charge in [0.05, 0.1) is 25.1 Å². The Balaban J connectivity index is 2.09. The quantitative estimate of drug-likeness (QED) is 0.864. The molecule has 0 aliphatic carbocycles. The Bertz CT molecular complexity index is 512. The third-order valence-electron chi connectivity index (χ3n) is 3.35. The van der Waals surface area contributed by atoms with Gasteiger partial charge >= 0.3 is 6.18 Å². The van der Waals surface area contributed by atoms with Crippen molar-refractivity contribution in [1.82, 2.24) is 9.97 Å². The standard InChI is InChI=1S/C13H17F3N2O4/c1-6(2)12-11(20)10(19)7(5-21-12)22-9-4-17-3-8(18-9)13(14,15)16/h3-4,6-7,10-12,19-20H,5H2,1-2H3. The van der Waals surface area contributed by atoms with E-state index in [1.165, 1.54) is 0 Å². The zero-order valence-electron chi connectivity index (χ0n) is 12.0. The van der Waals surface area contributed by atoms with E-state index in [2.05, 4.69) is 9.97 Å². The second-order valence-corrected chi connectivity index (χ2v) is 5.42. The second kappa shape index (κ2) is 6.35. The zero-order valence-corrected chi connectivity index (χ0v) is 12.0. The van der Waals surface area contributed by atoms with E-state index < -0.39 is 42.2 Å². The van der Waals surface area contributed by atoms with Crippen LogP contribution in [-0.2, 0) is 10.9 Å². The van der Waals surface area contributed by atoms with Crippen LogP contribution in [0.4, 0.5) is 13.2 Å². The Kier molecular flexibility index (Phi) is 4.88. The van der Waals surface area contributed by atoms with E-state index in [0.717, 1.165) is 6.20 Å². The van der Waals surface area contributed by atoms with E-state index in [9.17, 15) is 23.4 Å². The number of hydrogen-bond acceptors (Lipinski definition) is 6. The zero-order chi connectivity index (χ0) is 16.5. The Morgan fingerprint density at radius 2 is 1.95 bits per heavy atom. The lowest BCUT2D eigenvalue weighted by Gasteiger charge is -2.38. The molecule has 0 amide bonds. The summed E-state index contributed by atoms with van der Waals surface area (Å²) in [5, 5.41) is 20.0. The summed E-state index contributed by atoms with van der Waals surface area (Å²) in [5.41, 5.74) is -1.20. The summed E-state index contributed by atoms with van der Waals surface area (Å²) in [6.45, 7) is 3.57. The van der Waals surface area contributed by atoms with Crippen molar-refractivity contribution in [2.24, 2.45) is 5.92 Å². The lowest BCUT2D eigenvalue weighted by atomic mass is 9.92. The molecular weight excluding hydrogens is 305 g/mol. The number of ether oxygens (including phenoxy) is 2. The molecule has 1 saturated heterocycles. The van der Waals surface area contributed by atoms with Crippen LogP contribution in [-0.4, -0.2) is 51.2 Å². The molecule has 22 heavy (non-hydrogen) atoms. The van der Waals surface area contributed by atoms with E-state index in [0.29, 0.717) is 6.20 Å². The smallest absolute Gasteiger partial charge is 0.435 e. The maximum atomic E-state index is 12.6. The fourth-order valence-electron chi connectivity index (χ4n) is 2.20. The van der Waals surface area contributed by atoms with Crippen molar-refractivity contribution in [2.75, 3.05) is 6.61 Å². The predicted molar refractivity (Wildman–Crippen MR) is 68.0 cm³/mol. The van der Waals surface area contributed by atoms with E-state index in [-0.39, 0.29) is 12.5 Å². The molecular formula is C13H17F3N2O4. The summed E-state index contributed by atoms with van der Waals surface area (Å²) in [7, 11) is 0. The fraction of sp³-hybridized carbons (Fsp3) is 0.692. The summed E-state index contributed by atoms with van der Waals surface area (Å²) in [6.07, 6.45) is -7.15. The van der Waals surface area contributed by atoms with E-state index in [1.54, 1.807) is 0 Å². The van der Waals surface area contributed by atoms with E-state index in [1.807, 2.05) is 13.8 Å². The van der Waals surface area contributed by atoms with Crippen LogP contribution in [0.2, 0.25) is 0 Å². The van der Waals surface area contributed by atoms with Crippen LogP contribution in [0, 0.1) is 5.92 Å². The van der Waals surface area contributed by atoms with Crippen LogP contribution in [0.3, 0.4) is 0 Å². The molecule has 0 saturated carbocycles. The van der Waals surface area contributed by atoms with Crippen LogP contribution in [0.1, 0.15) is 19.5 Å². The van der Waals surface area contributed by atoms with Crippen LogP contribution >= 0.6 is 0 Å². The lowest BCUT2D eigenvalue weighted by Crippen LogP contribution is -2.56. The van der Waals surface area contributed by atoms with Crippen molar-refractivity contribution in [3.8, 4) is 5.88 Å². The molecule has 124 valence electrons. The van der Waals surface area contributed by atoms with Crippen molar-refractivity contribution in [2.45, 2.75) is 44.4 Å². The third-order valence-corrected chi connectivity index (χ3v) is 3.35. The van der Waals surface area contributed by atoms with Gasteiger partial charge < -0.3 is 19.7 Å². The molecule has 4 unspecified atom stereocenters. The van der Waals surface area contributed by atoms with Crippen molar-refractivity contribution in [3.05, 3.63) is 18.1 Å². The maximum Gasteiger partial charge on any atom is 0.435 e. The highest BCUT2D eigenvalue weighted by Gasteiger charge is 2.41. The minimum Gasteiger partial charge on any atom is -0.468 e. The number of nitrogens with zero attached hydrogens (tertiary/aromatic N) is 2. The Morgan fingerprint density at radius 1 is 1.27 bits per heavy atom. The number of hydrogen-bond donors (Lipinski definition) is 2. The molecule has 9 heteroatoms. The van der Waals surface area contributed by atoms with Crippen LogP contribution in [0.25, 0.3) is 0 Å². The third kappa shape index (κ3) is 3.65. The van der Waals surface area contributed by atoms with Gasteiger partial charge in [-0.15, -0.1) is 0 Å². The highest BCUT2D eigenvalue weighted by atomic mass is 19.4. The van der Waals surface area contributed by atoms with Crippen LogP contribution in [0.15, 0.2) is 12.4 Å². The number of halogens is 3. The Morgan fingerprint density at radius 3 is 2.55 bits per heavy atom. The molecule has 1 aromatic heterocycles. The molecule has 1 aromatic rings. The first-order valence-electron chi connectivity index (χ1n) is 6.73. The first-order chi connectivity index (χ1) is 10.2. The molecule has 0 radical (unpaired) electrons.